The van der Waals surface area contributed by atoms with Crippen LogP contribution in [0, 0.1) is 0 Å². The lowest BCUT2D eigenvalue weighted by atomic mass is 10.3. The summed E-state index contributed by atoms with van der Waals surface area (Å²) < 4.78 is 2.03. The summed E-state index contributed by atoms with van der Waals surface area (Å²) in [5.41, 5.74) is 3.00. The van der Waals surface area contributed by atoms with E-state index in [4.69, 9.17) is 0 Å². The van der Waals surface area contributed by atoms with Gasteiger partial charge >= 0.3 is 0 Å². The number of rotatable bonds is 2. The van der Waals surface area contributed by atoms with E-state index in [1.165, 1.54) is 5.19 Å². The summed E-state index contributed by atoms with van der Waals surface area (Å²) in [4.78, 5) is 9.11. The molecule has 3 nitrogen and oxygen atoms in total. The number of para-hydroxylation sites is 1. The molecule has 3 rings (SSSR count). The number of pyridine rings is 1. The molecule has 96 valence electrons. The van der Waals surface area contributed by atoms with Gasteiger partial charge in [-0.15, -0.1) is 0 Å². The minimum atomic E-state index is -1.33. The highest BCUT2D eigenvalue weighted by molar-refractivity contribution is 6.88. The summed E-state index contributed by atoms with van der Waals surface area (Å²) in [6.45, 7) is 6.97. The maximum absolute atomic E-state index is 4.62. The summed E-state index contributed by atoms with van der Waals surface area (Å²) in [7, 11) is -1.33. The lowest BCUT2D eigenvalue weighted by Crippen LogP contribution is -2.37. The van der Waals surface area contributed by atoms with Gasteiger partial charge in [-0.2, -0.15) is 0 Å². The lowest BCUT2D eigenvalue weighted by Gasteiger charge is -2.15. The second kappa shape index (κ2) is 4.31. The van der Waals surface area contributed by atoms with Crippen LogP contribution in [-0.4, -0.2) is 22.6 Å². The number of nitrogens with zero attached hydrogens (tertiary/aromatic N) is 3. The van der Waals surface area contributed by atoms with E-state index >= 15 is 0 Å². The molecular weight excluding hydrogens is 250 g/mol. The number of hydrogen-bond acceptors (Lipinski definition) is 2. The third kappa shape index (κ3) is 2.19. The van der Waals surface area contributed by atoms with E-state index in [1.54, 1.807) is 0 Å². The fourth-order valence-corrected chi connectivity index (χ4v) is 3.11. The topological polar surface area (TPSA) is 30.7 Å². The normalized spacial score (nSPS) is 11.9. The predicted molar refractivity (Wildman–Crippen MR) is 81.8 cm³/mol. The van der Waals surface area contributed by atoms with Crippen molar-refractivity contribution in [1.29, 1.82) is 0 Å². The molecule has 0 aliphatic carbocycles. The summed E-state index contributed by atoms with van der Waals surface area (Å²) in [6.07, 6.45) is 3.86. The third-order valence-electron chi connectivity index (χ3n) is 3.29. The zero-order valence-corrected chi connectivity index (χ0v) is 12.5. The average molecular weight is 267 g/mol. The molecule has 0 unspecified atom stereocenters. The van der Waals surface area contributed by atoms with Gasteiger partial charge in [0.05, 0.1) is 8.07 Å². The van der Waals surface area contributed by atoms with Crippen LogP contribution in [0.4, 0.5) is 0 Å². The van der Waals surface area contributed by atoms with Gasteiger partial charge in [-0.05, 0) is 23.4 Å². The Bertz CT molecular complexity index is 711. The standard InChI is InChI=1S/C15H17N3Si/c1-19(2,3)13-9-14-15(16-10-13)18(11-17-14)12-7-5-4-6-8-12/h4-11H,1-3H3. The molecule has 0 bridgehead atoms. The van der Waals surface area contributed by atoms with E-state index < -0.39 is 8.07 Å². The molecule has 0 spiro atoms. The molecule has 0 radical (unpaired) electrons. The fourth-order valence-electron chi connectivity index (χ4n) is 2.09. The van der Waals surface area contributed by atoms with Crippen molar-refractivity contribution in [2.24, 2.45) is 0 Å². The van der Waals surface area contributed by atoms with Crippen molar-refractivity contribution in [3.05, 3.63) is 48.9 Å². The quantitative estimate of drug-likeness (QED) is 0.668. The van der Waals surface area contributed by atoms with E-state index in [2.05, 4.69) is 47.8 Å². The van der Waals surface area contributed by atoms with Gasteiger partial charge in [0.15, 0.2) is 5.65 Å². The van der Waals surface area contributed by atoms with E-state index in [1.807, 2.05) is 35.3 Å². The van der Waals surface area contributed by atoms with Crippen LogP contribution >= 0.6 is 0 Å². The lowest BCUT2D eigenvalue weighted by molar-refractivity contribution is 1.07. The first kappa shape index (κ1) is 12.1. The number of benzene rings is 1. The maximum Gasteiger partial charge on any atom is 0.164 e. The second-order valence-corrected chi connectivity index (χ2v) is 10.8. The van der Waals surface area contributed by atoms with Gasteiger partial charge in [-0.1, -0.05) is 37.8 Å². The van der Waals surface area contributed by atoms with E-state index in [0.29, 0.717) is 0 Å². The molecule has 0 fully saturated rings. The molecule has 19 heavy (non-hydrogen) atoms. The Morgan fingerprint density at radius 1 is 1.00 bits per heavy atom. The Labute approximate surface area is 114 Å². The first-order valence-corrected chi connectivity index (χ1v) is 9.95. The monoisotopic (exact) mass is 267 g/mol. The number of aromatic nitrogens is 3. The van der Waals surface area contributed by atoms with Gasteiger partial charge in [0, 0.05) is 11.9 Å². The van der Waals surface area contributed by atoms with Gasteiger partial charge in [0.25, 0.3) is 0 Å². The smallest absolute Gasteiger partial charge is 0.164 e. The highest BCUT2D eigenvalue weighted by Gasteiger charge is 2.18. The highest BCUT2D eigenvalue weighted by atomic mass is 28.3. The van der Waals surface area contributed by atoms with Gasteiger partial charge in [0.1, 0.15) is 11.8 Å². The van der Waals surface area contributed by atoms with Crippen molar-refractivity contribution in [2.75, 3.05) is 0 Å². The number of imidazole rings is 1. The minimum Gasteiger partial charge on any atom is -0.283 e. The molecular formula is C15H17N3Si. The van der Waals surface area contributed by atoms with Gasteiger partial charge in [-0.25, -0.2) is 9.97 Å². The summed E-state index contributed by atoms with van der Waals surface area (Å²) in [6, 6.07) is 12.4. The molecule has 2 heterocycles. The van der Waals surface area contributed by atoms with Crippen LogP contribution in [0.15, 0.2) is 48.9 Å². The first-order valence-electron chi connectivity index (χ1n) is 6.45. The van der Waals surface area contributed by atoms with Crippen LogP contribution in [0.5, 0.6) is 0 Å². The Kier molecular flexibility index (Phi) is 2.75. The fraction of sp³-hybridized carbons (Fsp3) is 0.200. The third-order valence-corrected chi connectivity index (χ3v) is 5.29. The molecule has 0 saturated carbocycles. The van der Waals surface area contributed by atoms with Crippen LogP contribution in [0.3, 0.4) is 0 Å². The van der Waals surface area contributed by atoms with E-state index in [0.717, 1.165) is 16.9 Å². The Balaban J connectivity index is 2.16. The van der Waals surface area contributed by atoms with E-state index in [9.17, 15) is 0 Å². The van der Waals surface area contributed by atoms with Gasteiger partial charge in [0.2, 0.25) is 0 Å². The van der Waals surface area contributed by atoms with Crippen molar-refractivity contribution in [3.8, 4) is 5.69 Å². The summed E-state index contributed by atoms with van der Waals surface area (Å²) in [5, 5.41) is 1.35. The molecule has 0 N–H and O–H groups in total. The van der Waals surface area contributed by atoms with Crippen molar-refractivity contribution in [3.63, 3.8) is 0 Å². The Morgan fingerprint density at radius 2 is 1.74 bits per heavy atom. The maximum atomic E-state index is 4.62. The molecule has 2 aromatic heterocycles. The number of fused-ring (bicyclic) bond motifs is 1. The second-order valence-electron chi connectivity index (χ2n) is 5.77. The zero-order chi connectivity index (χ0) is 13.5. The average Bonchev–Trinajstić information content (AvgIpc) is 2.81. The molecule has 0 aliphatic heterocycles. The van der Waals surface area contributed by atoms with Crippen LogP contribution < -0.4 is 5.19 Å². The van der Waals surface area contributed by atoms with Crippen LogP contribution in [-0.2, 0) is 0 Å². The predicted octanol–water partition coefficient (Wildman–Crippen LogP) is 2.97. The molecule has 3 aromatic rings. The molecule has 0 aliphatic rings. The Morgan fingerprint density at radius 3 is 2.42 bits per heavy atom. The zero-order valence-electron chi connectivity index (χ0n) is 11.5. The van der Waals surface area contributed by atoms with Gasteiger partial charge in [-0.3, -0.25) is 4.57 Å². The molecule has 0 saturated heterocycles. The first-order chi connectivity index (χ1) is 9.05. The van der Waals surface area contributed by atoms with Crippen molar-refractivity contribution < 1.29 is 0 Å². The van der Waals surface area contributed by atoms with Crippen molar-refractivity contribution in [2.45, 2.75) is 19.6 Å². The van der Waals surface area contributed by atoms with E-state index in [-0.39, 0.29) is 0 Å². The largest absolute Gasteiger partial charge is 0.283 e. The molecule has 0 atom stereocenters. The van der Waals surface area contributed by atoms with Crippen LogP contribution in [0.25, 0.3) is 16.9 Å². The molecule has 1 aromatic carbocycles. The SMILES string of the molecule is C[Si](C)(C)c1cnc2c(c1)ncn2-c1ccccc1. The molecule has 0 amide bonds. The van der Waals surface area contributed by atoms with Crippen LogP contribution in [0.1, 0.15) is 0 Å². The molecule has 4 heteroatoms. The number of hydrogen-bond donors (Lipinski definition) is 0. The summed E-state index contributed by atoms with van der Waals surface area (Å²) in [5.74, 6) is 0. The summed E-state index contributed by atoms with van der Waals surface area (Å²) >= 11 is 0. The van der Waals surface area contributed by atoms with Gasteiger partial charge < -0.3 is 0 Å². The highest BCUT2D eigenvalue weighted by Crippen LogP contribution is 2.15. The van der Waals surface area contributed by atoms with Crippen LogP contribution in [0.2, 0.25) is 19.6 Å². The van der Waals surface area contributed by atoms with Crippen molar-refractivity contribution >= 4 is 24.4 Å². The minimum absolute atomic E-state index is 0.924. The van der Waals surface area contributed by atoms with Crippen molar-refractivity contribution in [1.82, 2.24) is 14.5 Å². The Hall–Kier alpha value is -1.94.